The van der Waals surface area contributed by atoms with Crippen molar-refractivity contribution in [2.75, 3.05) is 5.32 Å². The van der Waals surface area contributed by atoms with Gasteiger partial charge in [0.2, 0.25) is 0 Å². The Labute approximate surface area is 136 Å². The summed E-state index contributed by atoms with van der Waals surface area (Å²) in [7, 11) is 0. The predicted octanol–water partition coefficient (Wildman–Crippen LogP) is 4.24. The Hall–Kier alpha value is -2.68. The van der Waals surface area contributed by atoms with E-state index >= 15 is 0 Å². The number of hydrogen-bond donors (Lipinski definition) is 1. The Kier molecular flexibility index (Phi) is 3.76. The molecule has 0 fully saturated rings. The summed E-state index contributed by atoms with van der Waals surface area (Å²) in [6.45, 7) is 0.790. The molecule has 0 amide bonds. The summed E-state index contributed by atoms with van der Waals surface area (Å²) in [6, 6.07) is 20.7. The van der Waals surface area contributed by atoms with E-state index in [2.05, 4.69) is 41.7 Å². The van der Waals surface area contributed by atoms with Gasteiger partial charge in [0.05, 0.1) is 0 Å². The van der Waals surface area contributed by atoms with E-state index in [-0.39, 0.29) is 0 Å². The normalized spacial score (nSPS) is 12.9. The topological polar surface area (TPSA) is 37.8 Å². The van der Waals surface area contributed by atoms with E-state index in [4.69, 9.17) is 9.97 Å². The fourth-order valence-electron chi connectivity index (χ4n) is 3.08. The fraction of sp³-hybridized carbons (Fsp3) is 0.200. The van der Waals surface area contributed by atoms with E-state index in [0.717, 1.165) is 36.6 Å². The van der Waals surface area contributed by atoms with Crippen LogP contribution in [0.4, 0.5) is 5.82 Å². The molecule has 2 aromatic carbocycles. The molecule has 3 aromatic rings. The molecule has 1 N–H and O–H groups in total. The van der Waals surface area contributed by atoms with Crippen LogP contribution >= 0.6 is 0 Å². The molecule has 0 saturated heterocycles. The van der Waals surface area contributed by atoms with Crippen LogP contribution in [0.5, 0.6) is 0 Å². The van der Waals surface area contributed by atoms with E-state index in [9.17, 15) is 0 Å². The first-order valence-corrected chi connectivity index (χ1v) is 8.13. The van der Waals surface area contributed by atoms with Crippen LogP contribution in [-0.2, 0) is 19.4 Å². The highest BCUT2D eigenvalue weighted by Crippen LogP contribution is 2.29. The molecular formula is C20H19N3. The van der Waals surface area contributed by atoms with Crippen LogP contribution in [0, 0.1) is 0 Å². The third-order valence-corrected chi connectivity index (χ3v) is 4.27. The molecule has 0 radical (unpaired) electrons. The zero-order valence-corrected chi connectivity index (χ0v) is 13.0. The van der Waals surface area contributed by atoms with Crippen molar-refractivity contribution in [1.82, 2.24) is 9.97 Å². The number of nitrogens with zero attached hydrogens (tertiary/aromatic N) is 2. The quantitative estimate of drug-likeness (QED) is 0.783. The van der Waals surface area contributed by atoms with Crippen molar-refractivity contribution >= 4 is 5.82 Å². The van der Waals surface area contributed by atoms with E-state index < -0.39 is 0 Å². The van der Waals surface area contributed by atoms with Gasteiger partial charge < -0.3 is 5.32 Å². The molecule has 0 bridgehead atoms. The second kappa shape index (κ2) is 6.21. The Morgan fingerprint density at radius 1 is 0.826 bits per heavy atom. The number of fused-ring (bicyclic) bond motifs is 1. The maximum atomic E-state index is 4.81. The molecule has 3 nitrogen and oxygen atoms in total. The van der Waals surface area contributed by atoms with Crippen molar-refractivity contribution in [3.05, 3.63) is 77.5 Å². The molecule has 0 unspecified atom stereocenters. The summed E-state index contributed by atoms with van der Waals surface area (Å²) in [5.74, 6) is 1.82. The van der Waals surface area contributed by atoms with E-state index in [1.165, 1.54) is 23.2 Å². The number of rotatable bonds is 4. The zero-order valence-electron chi connectivity index (χ0n) is 13.0. The van der Waals surface area contributed by atoms with Gasteiger partial charge in [0.25, 0.3) is 0 Å². The summed E-state index contributed by atoms with van der Waals surface area (Å²) in [6.07, 6.45) is 3.29. The zero-order chi connectivity index (χ0) is 15.5. The third-order valence-electron chi connectivity index (χ3n) is 4.27. The summed E-state index contributed by atoms with van der Waals surface area (Å²) in [4.78, 5) is 9.60. The fourth-order valence-corrected chi connectivity index (χ4v) is 3.08. The maximum Gasteiger partial charge on any atom is 0.161 e. The van der Waals surface area contributed by atoms with Gasteiger partial charge >= 0.3 is 0 Å². The number of aromatic nitrogens is 2. The predicted molar refractivity (Wildman–Crippen MR) is 93.3 cm³/mol. The van der Waals surface area contributed by atoms with Crippen LogP contribution < -0.4 is 5.32 Å². The summed E-state index contributed by atoms with van der Waals surface area (Å²) >= 11 is 0. The van der Waals surface area contributed by atoms with Gasteiger partial charge in [0.1, 0.15) is 5.82 Å². The molecule has 4 rings (SSSR count). The molecule has 1 heterocycles. The molecule has 3 heteroatoms. The minimum Gasteiger partial charge on any atom is -0.366 e. The number of anilines is 1. The molecule has 23 heavy (non-hydrogen) atoms. The SMILES string of the molecule is c1ccc(CNc2nc(-c3ccccc3)nc3c2CCC3)cc1. The Morgan fingerprint density at radius 2 is 1.57 bits per heavy atom. The Bertz CT molecular complexity index is 798. The third kappa shape index (κ3) is 2.95. The lowest BCUT2D eigenvalue weighted by atomic mass is 10.1. The van der Waals surface area contributed by atoms with Gasteiger partial charge in [0, 0.05) is 23.4 Å². The monoisotopic (exact) mass is 301 g/mol. The summed E-state index contributed by atoms with van der Waals surface area (Å²) < 4.78 is 0. The van der Waals surface area contributed by atoms with Crippen molar-refractivity contribution in [2.45, 2.75) is 25.8 Å². The van der Waals surface area contributed by atoms with Gasteiger partial charge in [0.15, 0.2) is 5.82 Å². The summed E-state index contributed by atoms with van der Waals surface area (Å²) in [5, 5.41) is 3.52. The number of hydrogen-bond acceptors (Lipinski definition) is 3. The standard InChI is InChI=1S/C20H19N3/c1-3-8-15(9-4-1)14-21-20-17-12-7-13-18(17)22-19(23-20)16-10-5-2-6-11-16/h1-6,8-11H,7,12-14H2,(H,21,22,23). The van der Waals surface area contributed by atoms with Gasteiger partial charge in [-0.05, 0) is 24.8 Å². The largest absolute Gasteiger partial charge is 0.366 e. The Morgan fingerprint density at radius 3 is 2.35 bits per heavy atom. The lowest BCUT2D eigenvalue weighted by Crippen LogP contribution is -2.07. The smallest absolute Gasteiger partial charge is 0.161 e. The average Bonchev–Trinajstić information content (AvgIpc) is 3.10. The highest BCUT2D eigenvalue weighted by molar-refractivity contribution is 5.60. The second-order valence-electron chi connectivity index (χ2n) is 5.88. The minimum absolute atomic E-state index is 0.790. The highest BCUT2D eigenvalue weighted by Gasteiger charge is 2.19. The van der Waals surface area contributed by atoms with E-state index in [1.807, 2.05) is 24.3 Å². The highest BCUT2D eigenvalue weighted by atomic mass is 15.0. The maximum absolute atomic E-state index is 4.81. The molecule has 1 aliphatic carbocycles. The van der Waals surface area contributed by atoms with Crippen LogP contribution in [0.2, 0.25) is 0 Å². The molecule has 0 spiro atoms. The molecule has 1 aromatic heterocycles. The van der Waals surface area contributed by atoms with Crippen molar-refractivity contribution in [1.29, 1.82) is 0 Å². The first kappa shape index (κ1) is 13.9. The number of aryl methyl sites for hydroxylation is 1. The molecule has 0 saturated carbocycles. The average molecular weight is 301 g/mol. The van der Waals surface area contributed by atoms with Crippen LogP contribution in [0.1, 0.15) is 23.2 Å². The number of nitrogens with one attached hydrogen (secondary N) is 1. The van der Waals surface area contributed by atoms with Gasteiger partial charge in [-0.1, -0.05) is 60.7 Å². The van der Waals surface area contributed by atoms with Crippen molar-refractivity contribution < 1.29 is 0 Å². The van der Waals surface area contributed by atoms with Gasteiger partial charge in [-0.25, -0.2) is 9.97 Å². The van der Waals surface area contributed by atoms with Crippen LogP contribution in [0.3, 0.4) is 0 Å². The van der Waals surface area contributed by atoms with Crippen molar-refractivity contribution in [2.24, 2.45) is 0 Å². The lowest BCUT2D eigenvalue weighted by molar-refractivity contribution is 0.899. The van der Waals surface area contributed by atoms with E-state index in [1.54, 1.807) is 0 Å². The van der Waals surface area contributed by atoms with Crippen molar-refractivity contribution in [3.8, 4) is 11.4 Å². The first-order valence-electron chi connectivity index (χ1n) is 8.13. The number of benzene rings is 2. The Balaban J connectivity index is 1.67. The molecular weight excluding hydrogens is 282 g/mol. The van der Waals surface area contributed by atoms with Gasteiger partial charge in [-0.2, -0.15) is 0 Å². The van der Waals surface area contributed by atoms with Gasteiger partial charge in [-0.3, -0.25) is 0 Å². The molecule has 0 atom stereocenters. The lowest BCUT2D eigenvalue weighted by Gasteiger charge is -2.12. The summed E-state index contributed by atoms with van der Waals surface area (Å²) in [5.41, 5.74) is 4.83. The van der Waals surface area contributed by atoms with Crippen molar-refractivity contribution in [3.63, 3.8) is 0 Å². The molecule has 1 aliphatic rings. The van der Waals surface area contributed by atoms with Gasteiger partial charge in [-0.15, -0.1) is 0 Å². The first-order chi connectivity index (χ1) is 11.4. The van der Waals surface area contributed by atoms with Crippen LogP contribution in [0.25, 0.3) is 11.4 Å². The minimum atomic E-state index is 0.790. The van der Waals surface area contributed by atoms with Crippen LogP contribution in [0.15, 0.2) is 60.7 Å². The second-order valence-corrected chi connectivity index (χ2v) is 5.88. The molecule has 114 valence electrons. The van der Waals surface area contributed by atoms with Crippen LogP contribution in [-0.4, -0.2) is 9.97 Å². The van der Waals surface area contributed by atoms with E-state index in [0.29, 0.717) is 0 Å². The molecule has 0 aliphatic heterocycles.